The molecule has 5 rings (SSSR count). The van der Waals surface area contributed by atoms with Crippen LogP contribution in [-0.4, -0.2) is 21.9 Å². The van der Waals surface area contributed by atoms with Crippen LogP contribution in [-0.2, 0) is 6.42 Å². The molecule has 0 spiro atoms. The molecule has 1 heterocycles. The van der Waals surface area contributed by atoms with Crippen LogP contribution in [0.4, 0.5) is 4.39 Å². The summed E-state index contributed by atoms with van der Waals surface area (Å²) in [5.41, 5.74) is 4.78. The summed E-state index contributed by atoms with van der Waals surface area (Å²) >= 11 is 5.85. The van der Waals surface area contributed by atoms with Gasteiger partial charge in [-0.2, -0.15) is 5.10 Å². The Labute approximate surface area is 177 Å². The smallest absolute Gasteiger partial charge is 0.190 e. The van der Waals surface area contributed by atoms with Gasteiger partial charge in [-0.3, -0.25) is 0 Å². The highest BCUT2D eigenvalue weighted by Crippen LogP contribution is 2.43. The monoisotopic (exact) mass is 407 g/mol. The third-order valence-corrected chi connectivity index (χ3v) is 6.89. The van der Waals surface area contributed by atoms with Gasteiger partial charge in [-0.1, -0.05) is 55.7 Å². The first-order chi connectivity index (χ1) is 14.2. The van der Waals surface area contributed by atoms with Crippen LogP contribution in [0.15, 0.2) is 53.6 Å². The molecule has 1 aliphatic heterocycles. The van der Waals surface area contributed by atoms with Gasteiger partial charge in [-0.05, 0) is 61.2 Å². The first kappa shape index (κ1) is 18.7. The van der Waals surface area contributed by atoms with Crippen molar-refractivity contribution in [3.63, 3.8) is 0 Å². The van der Waals surface area contributed by atoms with Crippen LogP contribution < -0.4 is 5.32 Å². The minimum Gasteiger partial charge on any atom is -0.358 e. The van der Waals surface area contributed by atoms with Gasteiger partial charge < -0.3 is 5.32 Å². The number of fused-ring (bicyclic) bond motifs is 3. The predicted molar refractivity (Wildman–Crippen MR) is 118 cm³/mol. The summed E-state index contributed by atoms with van der Waals surface area (Å²) < 4.78 is 13.6. The lowest BCUT2D eigenvalue weighted by Crippen LogP contribution is -2.44. The molecule has 29 heavy (non-hydrogen) atoms. The molecule has 150 valence electrons. The molecule has 5 heteroatoms. The number of halogens is 1. The highest BCUT2D eigenvalue weighted by Gasteiger charge is 2.43. The molecule has 2 aromatic carbocycles. The number of nitrogens with zero attached hydrogens (tertiary/aromatic N) is 2. The Morgan fingerprint density at radius 3 is 2.55 bits per heavy atom. The van der Waals surface area contributed by atoms with E-state index in [-0.39, 0.29) is 17.8 Å². The van der Waals surface area contributed by atoms with Crippen molar-refractivity contribution in [1.29, 1.82) is 0 Å². The molecule has 0 radical (unpaired) electrons. The maximum absolute atomic E-state index is 13.6. The molecule has 3 nitrogen and oxygen atoms in total. The Morgan fingerprint density at radius 1 is 1.00 bits per heavy atom. The number of aryl methyl sites for hydroxylation is 1. The van der Waals surface area contributed by atoms with E-state index in [4.69, 9.17) is 17.3 Å². The maximum atomic E-state index is 13.6. The summed E-state index contributed by atoms with van der Waals surface area (Å²) in [6, 6.07) is 15.8. The summed E-state index contributed by atoms with van der Waals surface area (Å²) in [7, 11) is 0. The van der Waals surface area contributed by atoms with Gasteiger partial charge in [-0.15, -0.1) is 0 Å². The fourth-order valence-electron chi connectivity index (χ4n) is 5.11. The van der Waals surface area contributed by atoms with E-state index >= 15 is 0 Å². The van der Waals surface area contributed by atoms with E-state index in [0.717, 1.165) is 37.0 Å². The van der Waals surface area contributed by atoms with Crippen molar-refractivity contribution in [2.75, 3.05) is 0 Å². The summed E-state index contributed by atoms with van der Waals surface area (Å²) in [5.74, 6) is 0.0535. The van der Waals surface area contributed by atoms with Gasteiger partial charge in [-0.25, -0.2) is 9.40 Å². The van der Waals surface area contributed by atoms with Crippen LogP contribution in [0.5, 0.6) is 0 Å². The van der Waals surface area contributed by atoms with Crippen LogP contribution in [0, 0.1) is 11.7 Å². The zero-order valence-corrected chi connectivity index (χ0v) is 17.3. The Kier molecular flexibility index (Phi) is 5.08. The first-order valence-electron chi connectivity index (χ1n) is 10.7. The van der Waals surface area contributed by atoms with Crippen LogP contribution >= 0.6 is 12.2 Å². The number of benzene rings is 2. The Bertz CT molecular complexity index is 933. The largest absolute Gasteiger partial charge is 0.358 e. The zero-order chi connectivity index (χ0) is 19.8. The first-order valence-corrected chi connectivity index (χ1v) is 11.1. The van der Waals surface area contributed by atoms with E-state index < -0.39 is 0 Å². The van der Waals surface area contributed by atoms with E-state index in [2.05, 4.69) is 29.6 Å². The van der Waals surface area contributed by atoms with Gasteiger partial charge >= 0.3 is 0 Å². The average molecular weight is 408 g/mol. The van der Waals surface area contributed by atoms with E-state index in [1.165, 1.54) is 30.4 Å². The van der Waals surface area contributed by atoms with E-state index in [1.807, 2.05) is 17.1 Å². The topological polar surface area (TPSA) is 27.6 Å². The molecule has 2 aliphatic carbocycles. The van der Waals surface area contributed by atoms with Crippen molar-refractivity contribution in [1.82, 2.24) is 10.3 Å². The van der Waals surface area contributed by atoms with E-state index in [0.29, 0.717) is 11.2 Å². The van der Waals surface area contributed by atoms with Gasteiger partial charge in [0.2, 0.25) is 0 Å². The zero-order valence-electron chi connectivity index (χ0n) is 16.5. The van der Waals surface area contributed by atoms with E-state index in [9.17, 15) is 4.39 Å². The van der Waals surface area contributed by atoms with Crippen molar-refractivity contribution in [2.24, 2.45) is 11.0 Å². The van der Waals surface area contributed by atoms with Crippen LogP contribution in [0.1, 0.15) is 61.3 Å². The molecule has 0 saturated heterocycles. The predicted octanol–water partition coefficient (Wildman–Crippen LogP) is 5.36. The quantitative estimate of drug-likeness (QED) is 0.680. The minimum absolute atomic E-state index is 0.0162. The summed E-state index contributed by atoms with van der Waals surface area (Å²) in [6.07, 6.45) is 8.22. The molecule has 0 bridgehead atoms. The molecule has 1 saturated carbocycles. The molecular formula is C24H26FN3S. The number of rotatable bonds is 2. The maximum Gasteiger partial charge on any atom is 0.190 e. The van der Waals surface area contributed by atoms with E-state index in [1.54, 1.807) is 12.1 Å². The lowest BCUT2D eigenvalue weighted by Gasteiger charge is -2.33. The Balaban J connectivity index is 1.50. The molecule has 0 amide bonds. The number of hydrazone groups is 1. The fraction of sp³-hybridized carbons (Fsp3) is 0.417. The molecule has 0 unspecified atom stereocenters. The Morgan fingerprint density at radius 2 is 1.76 bits per heavy atom. The summed E-state index contributed by atoms with van der Waals surface area (Å²) in [4.78, 5) is 0. The molecule has 2 aromatic rings. The molecule has 3 aliphatic rings. The highest BCUT2D eigenvalue weighted by atomic mass is 32.1. The second kappa shape index (κ2) is 7.86. The summed E-state index contributed by atoms with van der Waals surface area (Å²) in [6.45, 7) is 0. The van der Waals surface area contributed by atoms with Gasteiger partial charge in [0.1, 0.15) is 5.82 Å². The van der Waals surface area contributed by atoms with Gasteiger partial charge in [0, 0.05) is 17.5 Å². The van der Waals surface area contributed by atoms with Crippen molar-refractivity contribution >= 4 is 23.0 Å². The Hall–Kier alpha value is -2.27. The normalized spacial score (nSPS) is 23.9. The average Bonchev–Trinajstić information content (AvgIpc) is 3.15. The van der Waals surface area contributed by atoms with Crippen LogP contribution in [0.25, 0.3) is 0 Å². The van der Waals surface area contributed by atoms with Gasteiger partial charge in [0.15, 0.2) is 5.11 Å². The SMILES string of the molecule is Fc1ccc([C@@H]2[C@@H]3CCc4ccccc4C3=NN2C(=S)NC2CCCCC2)cc1. The van der Waals surface area contributed by atoms with Crippen molar-refractivity contribution < 1.29 is 4.39 Å². The molecular weight excluding hydrogens is 381 g/mol. The summed E-state index contributed by atoms with van der Waals surface area (Å²) in [5, 5.41) is 11.3. The van der Waals surface area contributed by atoms with Gasteiger partial charge in [0.25, 0.3) is 0 Å². The van der Waals surface area contributed by atoms with Gasteiger partial charge in [0.05, 0.1) is 11.8 Å². The minimum atomic E-state index is -0.212. The second-order valence-corrected chi connectivity index (χ2v) is 8.80. The third kappa shape index (κ3) is 3.57. The number of hydrogen-bond donors (Lipinski definition) is 1. The number of thiocarbonyl (C=S) groups is 1. The molecule has 0 aromatic heterocycles. The third-order valence-electron chi connectivity index (χ3n) is 6.58. The molecule has 2 atom stereocenters. The fourth-order valence-corrected chi connectivity index (χ4v) is 5.43. The van der Waals surface area contributed by atoms with Crippen LogP contribution in [0.2, 0.25) is 0 Å². The van der Waals surface area contributed by atoms with Crippen LogP contribution in [0.3, 0.4) is 0 Å². The number of hydrogen-bond acceptors (Lipinski definition) is 2. The molecule has 1 N–H and O–H groups in total. The van der Waals surface area contributed by atoms with Crippen molar-refractivity contribution in [3.8, 4) is 0 Å². The lowest BCUT2D eigenvalue weighted by atomic mass is 9.77. The second-order valence-electron chi connectivity index (χ2n) is 8.41. The molecule has 1 fully saturated rings. The number of nitrogens with one attached hydrogen (secondary N) is 1. The standard InChI is InChI=1S/C24H26FN3S/c25-18-13-10-17(11-14-18)23-21-15-12-16-6-4-5-9-20(16)22(21)27-28(23)24(29)26-19-7-2-1-3-8-19/h4-6,9-11,13-14,19,21,23H,1-3,7-8,12,15H2,(H,26,29)/t21-,23-/m1/s1. The lowest BCUT2D eigenvalue weighted by molar-refractivity contribution is 0.294. The van der Waals surface area contributed by atoms with Crippen molar-refractivity contribution in [2.45, 2.75) is 57.0 Å². The van der Waals surface area contributed by atoms with Crippen molar-refractivity contribution in [3.05, 3.63) is 71.0 Å². The highest BCUT2D eigenvalue weighted by molar-refractivity contribution is 7.80.